The van der Waals surface area contributed by atoms with E-state index in [4.69, 9.17) is 28.2 Å². The molecule has 0 aliphatic carbocycles. The Labute approximate surface area is 186 Å². The molecule has 150 valence electrons. The van der Waals surface area contributed by atoms with Crippen molar-refractivity contribution in [3.8, 4) is 11.3 Å². The third-order valence-corrected chi connectivity index (χ3v) is 6.02. The van der Waals surface area contributed by atoms with Gasteiger partial charge >= 0.3 is 0 Å². The molecular weight excluding hydrogens is 445 g/mol. The highest BCUT2D eigenvalue weighted by Gasteiger charge is 2.33. The van der Waals surface area contributed by atoms with E-state index < -0.39 is 5.82 Å². The summed E-state index contributed by atoms with van der Waals surface area (Å²) in [7, 11) is 0. The average Bonchev–Trinajstić information content (AvgIpc) is 3.29. The zero-order valence-corrected chi connectivity index (χ0v) is 17.9. The fourth-order valence-electron chi connectivity index (χ4n) is 2.90. The quantitative estimate of drug-likeness (QED) is 0.259. The highest BCUT2D eigenvalue weighted by atomic mass is 35.5. The highest BCUT2D eigenvalue weighted by Crippen LogP contribution is 2.37. The molecule has 0 spiro atoms. The second kappa shape index (κ2) is 8.18. The minimum atomic E-state index is -0.569. The van der Waals surface area contributed by atoms with E-state index in [2.05, 4.69) is 0 Å². The van der Waals surface area contributed by atoms with Crippen LogP contribution in [0.2, 0.25) is 5.02 Å². The average molecular weight is 458 g/mol. The molecule has 1 aliphatic rings. The molecule has 0 bridgehead atoms. The number of thioether (sulfide) groups is 1. The zero-order valence-electron chi connectivity index (χ0n) is 15.5. The molecule has 0 radical (unpaired) electrons. The Balaban J connectivity index is 1.58. The summed E-state index contributed by atoms with van der Waals surface area (Å²) in [5, 5.41) is -0.0861. The Hall–Kier alpha value is -2.74. The van der Waals surface area contributed by atoms with E-state index in [0.717, 1.165) is 17.3 Å². The maximum absolute atomic E-state index is 13.4. The van der Waals surface area contributed by atoms with Gasteiger partial charge in [-0.3, -0.25) is 14.5 Å². The predicted octanol–water partition coefficient (Wildman–Crippen LogP) is 6.35. The normalized spacial score (nSPS) is 15.3. The van der Waals surface area contributed by atoms with Crippen LogP contribution in [0.25, 0.3) is 17.4 Å². The fourth-order valence-corrected chi connectivity index (χ4v) is 4.35. The van der Waals surface area contributed by atoms with E-state index >= 15 is 0 Å². The van der Waals surface area contributed by atoms with Crippen molar-refractivity contribution in [1.82, 2.24) is 0 Å². The second-order valence-electron chi connectivity index (χ2n) is 6.45. The van der Waals surface area contributed by atoms with Gasteiger partial charge in [-0.05, 0) is 37.3 Å². The first-order valence-electron chi connectivity index (χ1n) is 8.78. The molecule has 0 unspecified atom stereocenters. The summed E-state index contributed by atoms with van der Waals surface area (Å²) in [5.41, 5.74) is 1.83. The van der Waals surface area contributed by atoms with Gasteiger partial charge in [-0.1, -0.05) is 59.8 Å². The van der Waals surface area contributed by atoms with Crippen molar-refractivity contribution in [2.45, 2.75) is 6.92 Å². The van der Waals surface area contributed by atoms with Gasteiger partial charge in [0.25, 0.3) is 5.91 Å². The largest absolute Gasteiger partial charge is 0.457 e. The number of hydrogen-bond acceptors (Lipinski definition) is 5. The highest BCUT2D eigenvalue weighted by molar-refractivity contribution is 8.27. The standard InChI is InChI=1S/C22H13ClFNO3S2/c1-12(26)13-2-4-14(5-3-13)19-9-7-16(28-19)11-20-21(27)25(22(29)30-20)15-6-8-18(24)17(23)10-15/h2-11H,1H3/b20-11+. The van der Waals surface area contributed by atoms with Crippen molar-refractivity contribution >= 4 is 63.4 Å². The first-order valence-corrected chi connectivity index (χ1v) is 10.4. The number of halogens is 2. The van der Waals surface area contributed by atoms with E-state index in [9.17, 15) is 14.0 Å². The van der Waals surface area contributed by atoms with Crippen LogP contribution < -0.4 is 4.90 Å². The van der Waals surface area contributed by atoms with Gasteiger partial charge in [0, 0.05) is 17.2 Å². The SMILES string of the molecule is CC(=O)c1ccc(-c2ccc(/C=C3/SC(=S)N(c4ccc(F)c(Cl)c4)C3=O)o2)cc1. The number of hydrogen-bond donors (Lipinski definition) is 0. The van der Waals surface area contributed by atoms with Gasteiger partial charge in [0.05, 0.1) is 15.6 Å². The minimum Gasteiger partial charge on any atom is -0.457 e. The van der Waals surface area contributed by atoms with Crippen LogP contribution in [0.1, 0.15) is 23.0 Å². The molecule has 1 saturated heterocycles. The number of Topliss-reactive ketones (excluding diaryl/α,β-unsaturated/α-hetero) is 1. The molecular formula is C22H13ClFNO3S2. The lowest BCUT2D eigenvalue weighted by atomic mass is 10.1. The van der Waals surface area contributed by atoms with E-state index in [1.165, 1.54) is 30.0 Å². The lowest BCUT2D eigenvalue weighted by Gasteiger charge is -2.14. The van der Waals surface area contributed by atoms with E-state index in [1.54, 1.807) is 42.5 Å². The van der Waals surface area contributed by atoms with E-state index in [0.29, 0.717) is 32.0 Å². The molecule has 4 nitrogen and oxygen atoms in total. The van der Waals surface area contributed by atoms with Crippen LogP contribution in [0.5, 0.6) is 0 Å². The van der Waals surface area contributed by atoms with Crippen molar-refractivity contribution in [3.63, 3.8) is 0 Å². The molecule has 0 N–H and O–H groups in total. The summed E-state index contributed by atoms with van der Waals surface area (Å²) in [6, 6.07) is 14.6. The number of thiocarbonyl (C=S) groups is 1. The van der Waals surface area contributed by atoms with Crippen molar-refractivity contribution in [2.75, 3.05) is 4.90 Å². The molecule has 1 amide bonds. The summed E-state index contributed by atoms with van der Waals surface area (Å²) in [6.07, 6.45) is 1.61. The molecule has 0 saturated carbocycles. The number of nitrogens with zero attached hydrogens (tertiary/aromatic N) is 1. The zero-order chi connectivity index (χ0) is 21.4. The van der Waals surface area contributed by atoms with Crippen LogP contribution in [-0.4, -0.2) is 16.0 Å². The third-order valence-electron chi connectivity index (χ3n) is 4.43. The Kier molecular flexibility index (Phi) is 5.60. The molecule has 1 aliphatic heterocycles. The van der Waals surface area contributed by atoms with Crippen LogP contribution >= 0.6 is 35.6 Å². The summed E-state index contributed by atoms with van der Waals surface area (Å²) < 4.78 is 19.6. The molecule has 3 aromatic rings. The topological polar surface area (TPSA) is 50.5 Å². The van der Waals surface area contributed by atoms with Crippen LogP contribution in [0.3, 0.4) is 0 Å². The number of carbonyl (C=O) groups excluding carboxylic acids is 2. The third kappa shape index (κ3) is 3.96. The Morgan fingerprint density at radius 2 is 1.90 bits per heavy atom. The molecule has 0 atom stereocenters. The first kappa shape index (κ1) is 20.5. The molecule has 8 heteroatoms. The van der Waals surface area contributed by atoms with E-state index in [-0.39, 0.29) is 16.7 Å². The Bertz CT molecular complexity index is 1220. The van der Waals surface area contributed by atoms with Crippen molar-refractivity contribution in [3.05, 3.63) is 81.7 Å². The number of rotatable bonds is 4. The van der Waals surface area contributed by atoms with Gasteiger partial charge in [0.2, 0.25) is 0 Å². The predicted molar refractivity (Wildman–Crippen MR) is 121 cm³/mol. The molecule has 2 heterocycles. The Morgan fingerprint density at radius 1 is 1.17 bits per heavy atom. The summed E-state index contributed by atoms with van der Waals surface area (Å²) >= 11 is 12.3. The Morgan fingerprint density at radius 3 is 2.57 bits per heavy atom. The molecule has 30 heavy (non-hydrogen) atoms. The van der Waals surface area contributed by atoms with Crippen molar-refractivity contribution in [1.29, 1.82) is 0 Å². The number of anilines is 1. The number of ketones is 1. The minimum absolute atomic E-state index is 0.00819. The van der Waals surface area contributed by atoms with Crippen molar-refractivity contribution < 1.29 is 18.4 Å². The monoisotopic (exact) mass is 457 g/mol. The maximum Gasteiger partial charge on any atom is 0.270 e. The van der Waals surface area contributed by atoms with Crippen molar-refractivity contribution in [2.24, 2.45) is 0 Å². The van der Waals surface area contributed by atoms with Crippen LogP contribution in [-0.2, 0) is 4.79 Å². The van der Waals surface area contributed by atoms with Crippen LogP contribution in [0.4, 0.5) is 10.1 Å². The molecule has 2 aromatic carbocycles. The van der Waals surface area contributed by atoms with Gasteiger partial charge < -0.3 is 4.42 Å². The second-order valence-corrected chi connectivity index (χ2v) is 8.53. The van der Waals surface area contributed by atoms with Gasteiger partial charge in [-0.15, -0.1) is 0 Å². The number of amides is 1. The lowest BCUT2D eigenvalue weighted by Crippen LogP contribution is -2.27. The van der Waals surface area contributed by atoms with Gasteiger partial charge in [-0.25, -0.2) is 4.39 Å². The fraction of sp³-hybridized carbons (Fsp3) is 0.0455. The number of benzene rings is 2. The number of furan rings is 1. The van der Waals surface area contributed by atoms with Gasteiger partial charge in [0.15, 0.2) is 10.1 Å². The maximum atomic E-state index is 13.4. The molecule has 1 aromatic heterocycles. The number of carbonyl (C=O) groups is 2. The summed E-state index contributed by atoms with van der Waals surface area (Å²) in [4.78, 5) is 25.9. The molecule has 1 fully saturated rings. The summed E-state index contributed by atoms with van der Waals surface area (Å²) in [6.45, 7) is 1.51. The van der Waals surface area contributed by atoms with Crippen LogP contribution in [0, 0.1) is 5.82 Å². The lowest BCUT2D eigenvalue weighted by molar-refractivity contribution is -0.113. The smallest absolute Gasteiger partial charge is 0.270 e. The van der Waals surface area contributed by atoms with Crippen LogP contribution in [0.15, 0.2) is 63.9 Å². The van der Waals surface area contributed by atoms with E-state index in [1.807, 2.05) is 0 Å². The first-order chi connectivity index (χ1) is 14.3. The molecule has 4 rings (SSSR count). The van der Waals surface area contributed by atoms with Gasteiger partial charge in [0.1, 0.15) is 17.3 Å². The summed E-state index contributed by atoms with van der Waals surface area (Å²) in [5.74, 6) is 0.180. The van der Waals surface area contributed by atoms with Gasteiger partial charge in [-0.2, -0.15) is 0 Å².